The molecule has 0 amide bonds. The number of ether oxygens (including phenoxy) is 2. The SMILES string of the molecule is C=C(CO)C(=O)OCC(COC(=O)C(=C)CO)C1CCC(CCCCc2ccc3c(c2)CCC(CCCCC)C3)CC1. The van der Waals surface area contributed by atoms with Crippen molar-refractivity contribution in [3.63, 3.8) is 0 Å². The molecule has 1 saturated carbocycles. The van der Waals surface area contributed by atoms with Crippen molar-refractivity contribution >= 4 is 11.9 Å². The molecular weight excluding hydrogens is 528 g/mol. The number of aliphatic hydroxyl groups excluding tert-OH is 2. The van der Waals surface area contributed by atoms with E-state index in [1.165, 1.54) is 69.8 Å². The van der Waals surface area contributed by atoms with Crippen LogP contribution in [0.25, 0.3) is 0 Å². The quantitative estimate of drug-likeness (QED) is 0.114. The lowest BCUT2D eigenvalue weighted by atomic mass is 9.74. The van der Waals surface area contributed by atoms with Gasteiger partial charge in [0.1, 0.15) is 0 Å². The number of fused-ring (bicyclic) bond motifs is 1. The van der Waals surface area contributed by atoms with Crippen molar-refractivity contribution in [1.29, 1.82) is 0 Å². The summed E-state index contributed by atoms with van der Waals surface area (Å²) >= 11 is 0. The van der Waals surface area contributed by atoms with Gasteiger partial charge in [0.05, 0.1) is 37.6 Å². The number of carbonyl (C=O) groups excluding carboxylic acids is 2. The molecule has 1 aromatic carbocycles. The number of aliphatic hydroxyl groups is 2. The molecule has 1 unspecified atom stereocenters. The third-order valence-electron chi connectivity index (χ3n) is 9.52. The summed E-state index contributed by atoms with van der Waals surface area (Å²) in [5.74, 6) is 0.438. The van der Waals surface area contributed by atoms with Crippen LogP contribution in [0.3, 0.4) is 0 Å². The Hall–Kier alpha value is -2.44. The van der Waals surface area contributed by atoms with Crippen LogP contribution in [0.2, 0.25) is 0 Å². The van der Waals surface area contributed by atoms with Gasteiger partial charge in [0.25, 0.3) is 0 Å². The topological polar surface area (TPSA) is 93.1 Å². The summed E-state index contributed by atoms with van der Waals surface area (Å²) in [5, 5.41) is 18.3. The first-order chi connectivity index (χ1) is 20.3. The second-order valence-corrected chi connectivity index (χ2v) is 12.7. The van der Waals surface area contributed by atoms with Crippen LogP contribution in [0.15, 0.2) is 42.5 Å². The van der Waals surface area contributed by atoms with Gasteiger partial charge in [-0.15, -0.1) is 0 Å². The van der Waals surface area contributed by atoms with E-state index in [0.29, 0.717) is 5.92 Å². The molecule has 1 aromatic rings. The number of carbonyl (C=O) groups is 2. The van der Waals surface area contributed by atoms with Crippen LogP contribution in [0, 0.1) is 23.7 Å². The van der Waals surface area contributed by atoms with E-state index in [9.17, 15) is 9.59 Å². The van der Waals surface area contributed by atoms with Crippen molar-refractivity contribution in [3.05, 3.63) is 59.2 Å². The molecule has 0 spiro atoms. The summed E-state index contributed by atoms with van der Waals surface area (Å²) in [7, 11) is 0. The van der Waals surface area contributed by atoms with Gasteiger partial charge in [-0.05, 0) is 79.4 Å². The van der Waals surface area contributed by atoms with Crippen LogP contribution in [0.5, 0.6) is 0 Å². The number of esters is 2. The Morgan fingerprint density at radius 2 is 1.45 bits per heavy atom. The molecule has 0 bridgehead atoms. The molecular formula is C36H54O6. The predicted molar refractivity (Wildman–Crippen MR) is 167 cm³/mol. The largest absolute Gasteiger partial charge is 0.462 e. The summed E-state index contributed by atoms with van der Waals surface area (Å²) in [6.07, 6.45) is 18.4. The van der Waals surface area contributed by atoms with Gasteiger partial charge in [-0.3, -0.25) is 0 Å². The maximum atomic E-state index is 12.0. The van der Waals surface area contributed by atoms with Gasteiger partial charge in [-0.25, -0.2) is 9.59 Å². The van der Waals surface area contributed by atoms with Crippen LogP contribution >= 0.6 is 0 Å². The number of hydrogen-bond acceptors (Lipinski definition) is 6. The molecule has 0 aromatic heterocycles. The van der Waals surface area contributed by atoms with Crippen LogP contribution in [-0.4, -0.2) is 48.6 Å². The molecule has 1 atom stereocenters. The lowest BCUT2D eigenvalue weighted by Crippen LogP contribution is -2.31. The Morgan fingerprint density at radius 3 is 2.07 bits per heavy atom. The van der Waals surface area contributed by atoms with Gasteiger partial charge in [0.2, 0.25) is 0 Å². The molecule has 1 fully saturated rings. The fourth-order valence-electron chi connectivity index (χ4n) is 6.70. The van der Waals surface area contributed by atoms with Crippen molar-refractivity contribution in [1.82, 2.24) is 0 Å². The Labute approximate surface area is 253 Å². The minimum Gasteiger partial charge on any atom is -0.462 e. The van der Waals surface area contributed by atoms with Gasteiger partial charge in [0.15, 0.2) is 0 Å². The molecule has 0 saturated heterocycles. The highest BCUT2D eigenvalue weighted by molar-refractivity contribution is 5.88. The second-order valence-electron chi connectivity index (χ2n) is 12.7. The first-order valence-corrected chi connectivity index (χ1v) is 16.4. The van der Waals surface area contributed by atoms with E-state index in [1.54, 1.807) is 11.1 Å². The zero-order valence-electron chi connectivity index (χ0n) is 25.9. The molecule has 6 heteroatoms. The highest BCUT2D eigenvalue weighted by atomic mass is 16.5. The summed E-state index contributed by atoms with van der Waals surface area (Å²) in [4.78, 5) is 24.1. The summed E-state index contributed by atoms with van der Waals surface area (Å²) in [6, 6.07) is 7.25. The smallest absolute Gasteiger partial charge is 0.335 e. The van der Waals surface area contributed by atoms with Crippen LogP contribution in [0.1, 0.15) is 101 Å². The van der Waals surface area contributed by atoms with Gasteiger partial charge in [0, 0.05) is 5.92 Å². The maximum Gasteiger partial charge on any atom is 0.335 e. The normalized spacial score (nSPS) is 20.1. The molecule has 0 radical (unpaired) electrons. The van der Waals surface area contributed by atoms with Crippen molar-refractivity contribution in [2.75, 3.05) is 26.4 Å². The number of unbranched alkanes of at least 4 members (excludes halogenated alkanes) is 3. The van der Waals surface area contributed by atoms with E-state index < -0.39 is 25.2 Å². The van der Waals surface area contributed by atoms with Crippen LogP contribution in [0.4, 0.5) is 0 Å². The number of rotatable bonds is 18. The van der Waals surface area contributed by atoms with E-state index >= 15 is 0 Å². The monoisotopic (exact) mass is 582 g/mol. The molecule has 6 nitrogen and oxygen atoms in total. The molecule has 2 aliphatic rings. The summed E-state index contributed by atoms with van der Waals surface area (Å²) < 4.78 is 10.8. The predicted octanol–water partition coefficient (Wildman–Crippen LogP) is 6.69. The second kappa shape index (κ2) is 18.3. The number of hydrogen-bond donors (Lipinski definition) is 2. The van der Waals surface area contributed by atoms with E-state index in [0.717, 1.165) is 38.0 Å². The van der Waals surface area contributed by atoms with E-state index in [2.05, 4.69) is 38.3 Å². The highest BCUT2D eigenvalue weighted by Crippen LogP contribution is 2.36. The van der Waals surface area contributed by atoms with E-state index in [1.807, 2.05) is 0 Å². The maximum absolute atomic E-state index is 12.0. The van der Waals surface area contributed by atoms with E-state index in [-0.39, 0.29) is 36.2 Å². The van der Waals surface area contributed by atoms with Gasteiger partial charge >= 0.3 is 11.9 Å². The lowest BCUT2D eigenvalue weighted by Gasteiger charge is -2.33. The zero-order valence-corrected chi connectivity index (χ0v) is 25.9. The first kappa shape index (κ1) is 34.1. The van der Waals surface area contributed by atoms with Crippen molar-refractivity contribution in [2.24, 2.45) is 23.7 Å². The Kier molecular flexibility index (Phi) is 14.8. The summed E-state index contributed by atoms with van der Waals surface area (Å²) in [5.41, 5.74) is 4.67. The average Bonchev–Trinajstić information content (AvgIpc) is 3.02. The average molecular weight is 583 g/mol. The highest BCUT2D eigenvalue weighted by Gasteiger charge is 2.30. The summed E-state index contributed by atoms with van der Waals surface area (Å²) in [6.45, 7) is 8.63. The lowest BCUT2D eigenvalue weighted by molar-refractivity contribution is -0.146. The molecule has 0 heterocycles. The Balaban J connectivity index is 1.39. The minimum absolute atomic E-state index is 0.00458. The van der Waals surface area contributed by atoms with E-state index in [4.69, 9.17) is 19.7 Å². The first-order valence-electron chi connectivity index (χ1n) is 16.4. The Bertz CT molecular complexity index is 990. The van der Waals surface area contributed by atoms with Crippen molar-refractivity contribution < 1.29 is 29.3 Å². The van der Waals surface area contributed by atoms with Crippen LogP contribution in [-0.2, 0) is 38.3 Å². The third-order valence-corrected chi connectivity index (χ3v) is 9.52. The van der Waals surface area contributed by atoms with Gasteiger partial charge in [-0.2, -0.15) is 0 Å². The molecule has 42 heavy (non-hydrogen) atoms. The molecule has 234 valence electrons. The van der Waals surface area contributed by atoms with Crippen molar-refractivity contribution in [3.8, 4) is 0 Å². The zero-order chi connectivity index (χ0) is 30.3. The minimum atomic E-state index is -0.632. The fourth-order valence-corrected chi connectivity index (χ4v) is 6.70. The van der Waals surface area contributed by atoms with Crippen LogP contribution < -0.4 is 0 Å². The number of benzene rings is 1. The molecule has 0 aliphatic heterocycles. The van der Waals surface area contributed by atoms with Gasteiger partial charge in [-0.1, -0.05) is 89.6 Å². The third kappa shape index (κ3) is 11.0. The molecule has 2 N–H and O–H groups in total. The molecule has 2 aliphatic carbocycles. The van der Waals surface area contributed by atoms with Gasteiger partial charge < -0.3 is 19.7 Å². The Morgan fingerprint density at radius 1 is 0.833 bits per heavy atom. The standard InChI is InChI=1S/C36H54O6/c1-4-5-6-10-29-14-18-33-21-30(15-19-32(33)20-29)11-8-7-9-28-12-16-31(17-13-28)34(24-41-35(39)26(2)22-37)25-42-36(40)27(3)23-38/h15,19,21,28-29,31,34,37-38H,2-14,16-18,20,22-25H2,1H3. The fraction of sp³-hybridized carbons (Fsp3) is 0.667. The van der Waals surface area contributed by atoms with Crippen molar-refractivity contribution in [2.45, 2.75) is 103 Å². The molecule has 3 rings (SSSR count). The number of aryl methyl sites for hydroxylation is 2.